The van der Waals surface area contributed by atoms with Gasteiger partial charge in [-0.25, -0.2) is 4.79 Å². The normalized spacial score (nSPS) is 10.2. The van der Waals surface area contributed by atoms with Crippen molar-refractivity contribution in [3.8, 4) is 0 Å². The maximum atomic E-state index is 12.3. The molecular weight excluding hydrogens is 334 g/mol. The number of benzene rings is 1. The van der Waals surface area contributed by atoms with Crippen LogP contribution in [0.3, 0.4) is 0 Å². The lowest BCUT2D eigenvalue weighted by atomic mass is 10.1. The number of nitrogens with zero attached hydrogens (tertiary/aromatic N) is 2. The first-order valence-corrected chi connectivity index (χ1v) is 8.32. The first kappa shape index (κ1) is 19.1. The van der Waals surface area contributed by atoms with Gasteiger partial charge in [-0.15, -0.1) is 0 Å². The van der Waals surface area contributed by atoms with Gasteiger partial charge >= 0.3 is 5.97 Å². The Morgan fingerprint density at radius 2 is 1.69 bits per heavy atom. The van der Waals surface area contributed by atoms with E-state index in [2.05, 4.69) is 10.3 Å². The van der Waals surface area contributed by atoms with Crippen LogP contribution in [0.25, 0.3) is 0 Å². The molecule has 7 nitrogen and oxygen atoms in total. The average molecular weight is 355 g/mol. The third-order valence-electron chi connectivity index (χ3n) is 3.94. The highest BCUT2D eigenvalue weighted by atomic mass is 16.4. The average Bonchev–Trinajstić information content (AvgIpc) is 2.67. The van der Waals surface area contributed by atoms with Gasteiger partial charge in [-0.05, 0) is 43.7 Å². The van der Waals surface area contributed by atoms with Crippen LogP contribution in [0.5, 0.6) is 0 Å². The van der Waals surface area contributed by atoms with Crippen LogP contribution in [0.2, 0.25) is 0 Å². The Labute approximate surface area is 151 Å². The second kappa shape index (κ2) is 8.75. The number of carbonyl (C=O) groups is 3. The molecule has 2 N–H and O–H groups in total. The van der Waals surface area contributed by atoms with E-state index in [1.54, 1.807) is 29.2 Å². The molecular formula is C19H21N3O4. The summed E-state index contributed by atoms with van der Waals surface area (Å²) in [5, 5.41) is 11.6. The number of amides is 2. The molecule has 0 aliphatic carbocycles. The van der Waals surface area contributed by atoms with Crippen molar-refractivity contribution in [3.63, 3.8) is 0 Å². The molecule has 2 amide bonds. The molecule has 0 aliphatic heterocycles. The lowest BCUT2D eigenvalue weighted by Gasteiger charge is -2.18. The second-order valence-corrected chi connectivity index (χ2v) is 5.59. The van der Waals surface area contributed by atoms with Gasteiger partial charge in [-0.2, -0.15) is 0 Å². The van der Waals surface area contributed by atoms with Crippen LogP contribution < -0.4 is 5.32 Å². The summed E-state index contributed by atoms with van der Waals surface area (Å²) in [7, 11) is 0. The van der Waals surface area contributed by atoms with E-state index in [1.165, 1.54) is 18.3 Å². The van der Waals surface area contributed by atoms with Crippen LogP contribution in [0.4, 0.5) is 0 Å². The van der Waals surface area contributed by atoms with E-state index < -0.39 is 11.9 Å². The number of carboxylic acid groups (broad SMARTS) is 1. The lowest BCUT2D eigenvalue weighted by molar-refractivity contribution is 0.0695. The van der Waals surface area contributed by atoms with Gasteiger partial charge in [0.15, 0.2) is 0 Å². The van der Waals surface area contributed by atoms with Crippen molar-refractivity contribution in [2.24, 2.45) is 0 Å². The highest BCUT2D eigenvalue weighted by Gasteiger charge is 2.13. The van der Waals surface area contributed by atoms with Gasteiger partial charge in [0.05, 0.1) is 5.56 Å². The first-order valence-electron chi connectivity index (χ1n) is 8.32. The number of carboxylic acids is 1. The van der Waals surface area contributed by atoms with E-state index in [1.807, 2.05) is 13.8 Å². The number of aromatic nitrogens is 1. The van der Waals surface area contributed by atoms with Crippen molar-refractivity contribution in [2.45, 2.75) is 20.4 Å². The topological polar surface area (TPSA) is 99.6 Å². The van der Waals surface area contributed by atoms with Crippen molar-refractivity contribution in [3.05, 3.63) is 65.0 Å². The molecule has 2 aromatic rings. The molecule has 0 saturated heterocycles. The minimum absolute atomic E-state index is 0.00409. The van der Waals surface area contributed by atoms with E-state index in [9.17, 15) is 14.4 Å². The molecule has 1 heterocycles. The molecule has 0 fully saturated rings. The van der Waals surface area contributed by atoms with Gasteiger partial charge < -0.3 is 15.3 Å². The maximum absolute atomic E-state index is 12.3. The van der Waals surface area contributed by atoms with Crippen LogP contribution in [0.15, 0.2) is 42.6 Å². The minimum atomic E-state index is -1.12. The molecule has 0 radical (unpaired) electrons. The van der Waals surface area contributed by atoms with Gasteiger partial charge in [-0.3, -0.25) is 14.6 Å². The van der Waals surface area contributed by atoms with Gasteiger partial charge in [0.2, 0.25) is 0 Å². The number of carbonyl (C=O) groups excluding carboxylic acids is 2. The number of hydrogen-bond acceptors (Lipinski definition) is 4. The van der Waals surface area contributed by atoms with Crippen molar-refractivity contribution >= 4 is 17.8 Å². The Morgan fingerprint density at radius 3 is 2.27 bits per heavy atom. The van der Waals surface area contributed by atoms with E-state index >= 15 is 0 Å². The van der Waals surface area contributed by atoms with Gasteiger partial charge in [0.25, 0.3) is 11.8 Å². The summed E-state index contributed by atoms with van der Waals surface area (Å²) in [6.07, 6.45) is 1.28. The largest absolute Gasteiger partial charge is 0.478 e. The number of nitrogens with one attached hydrogen (secondary N) is 1. The molecule has 136 valence electrons. The minimum Gasteiger partial charge on any atom is -0.478 e. The predicted octanol–water partition coefficient (Wildman–Crippen LogP) is 2.19. The Morgan fingerprint density at radius 1 is 1.04 bits per heavy atom. The zero-order valence-corrected chi connectivity index (χ0v) is 14.7. The Kier molecular flexibility index (Phi) is 6.43. The summed E-state index contributed by atoms with van der Waals surface area (Å²) in [5.74, 6) is -1.61. The van der Waals surface area contributed by atoms with Crippen molar-refractivity contribution in [1.82, 2.24) is 15.2 Å². The fourth-order valence-corrected chi connectivity index (χ4v) is 2.42. The van der Waals surface area contributed by atoms with Gasteiger partial charge in [0, 0.05) is 31.4 Å². The van der Waals surface area contributed by atoms with Crippen molar-refractivity contribution < 1.29 is 19.5 Å². The highest BCUT2D eigenvalue weighted by Crippen LogP contribution is 2.08. The first-order chi connectivity index (χ1) is 12.5. The van der Waals surface area contributed by atoms with Crippen LogP contribution in [0, 0.1) is 0 Å². The van der Waals surface area contributed by atoms with E-state index in [0.29, 0.717) is 18.7 Å². The summed E-state index contributed by atoms with van der Waals surface area (Å²) in [5.41, 5.74) is 1.46. The molecule has 7 heteroatoms. The smallest absolute Gasteiger partial charge is 0.335 e. The molecule has 2 rings (SSSR count). The molecule has 0 saturated carbocycles. The second-order valence-electron chi connectivity index (χ2n) is 5.59. The van der Waals surface area contributed by atoms with Crippen LogP contribution in [0.1, 0.15) is 50.6 Å². The SMILES string of the molecule is CCN(CC)C(=O)c1ccc(CNC(=O)c2cc(C(=O)O)ccn2)cc1. The fraction of sp³-hybridized carbons (Fsp3) is 0.263. The summed E-state index contributed by atoms with van der Waals surface area (Å²) < 4.78 is 0. The number of pyridine rings is 1. The summed E-state index contributed by atoms with van der Waals surface area (Å²) in [6.45, 7) is 5.40. The molecule has 26 heavy (non-hydrogen) atoms. The lowest BCUT2D eigenvalue weighted by Crippen LogP contribution is -2.30. The quantitative estimate of drug-likeness (QED) is 0.793. The standard InChI is InChI=1S/C19H21N3O4/c1-3-22(4-2)18(24)14-7-5-13(6-8-14)12-21-17(23)16-11-15(19(25)26)9-10-20-16/h5-11H,3-4,12H2,1-2H3,(H,21,23)(H,25,26). The zero-order chi connectivity index (χ0) is 19.1. The van der Waals surface area contributed by atoms with Crippen LogP contribution >= 0.6 is 0 Å². The Bertz CT molecular complexity index is 799. The third kappa shape index (κ3) is 4.66. The third-order valence-corrected chi connectivity index (χ3v) is 3.94. The van der Waals surface area contributed by atoms with Crippen molar-refractivity contribution in [1.29, 1.82) is 0 Å². The summed E-state index contributed by atoms with van der Waals surface area (Å²) in [6, 6.07) is 9.56. The molecule has 1 aromatic carbocycles. The van der Waals surface area contributed by atoms with E-state index in [0.717, 1.165) is 5.56 Å². The van der Waals surface area contributed by atoms with E-state index in [4.69, 9.17) is 5.11 Å². The monoisotopic (exact) mass is 355 g/mol. The molecule has 0 atom stereocenters. The van der Waals surface area contributed by atoms with E-state index in [-0.39, 0.29) is 23.7 Å². The summed E-state index contributed by atoms with van der Waals surface area (Å²) >= 11 is 0. The van der Waals surface area contributed by atoms with Crippen LogP contribution in [-0.2, 0) is 6.54 Å². The van der Waals surface area contributed by atoms with Gasteiger partial charge in [0.1, 0.15) is 5.69 Å². The molecule has 0 aliphatic rings. The van der Waals surface area contributed by atoms with Crippen LogP contribution in [-0.4, -0.2) is 45.9 Å². The number of hydrogen-bond donors (Lipinski definition) is 2. The molecule has 0 bridgehead atoms. The molecule has 0 spiro atoms. The predicted molar refractivity (Wildman–Crippen MR) is 96.1 cm³/mol. The zero-order valence-electron chi connectivity index (χ0n) is 14.7. The highest BCUT2D eigenvalue weighted by molar-refractivity contribution is 5.96. The summed E-state index contributed by atoms with van der Waals surface area (Å²) in [4.78, 5) is 40.9. The van der Waals surface area contributed by atoms with Gasteiger partial charge in [-0.1, -0.05) is 12.1 Å². The van der Waals surface area contributed by atoms with Crippen molar-refractivity contribution in [2.75, 3.05) is 13.1 Å². The fourth-order valence-electron chi connectivity index (χ4n) is 2.42. The maximum Gasteiger partial charge on any atom is 0.335 e. The number of aromatic carboxylic acids is 1. The molecule has 1 aromatic heterocycles. The number of rotatable bonds is 7. The Balaban J connectivity index is 1.99. The molecule has 0 unspecified atom stereocenters. The Hall–Kier alpha value is -3.22.